The summed E-state index contributed by atoms with van der Waals surface area (Å²) < 4.78 is 4.74. The summed E-state index contributed by atoms with van der Waals surface area (Å²) in [5.74, 6) is 0.600. The maximum Gasteiger partial charge on any atom is 0.308 e. The van der Waals surface area contributed by atoms with Crippen LogP contribution < -0.4 is 5.32 Å². The predicted octanol–water partition coefficient (Wildman–Crippen LogP) is 1.71. The van der Waals surface area contributed by atoms with Gasteiger partial charge in [-0.1, -0.05) is 0 Å². The van der Waals surface area contributed by atoms with Crippen molar-refractivity contribution in [3.05, 3.63) is 23.9 Å². The molecule has 1 aliphatic rings. The van der Waals surface area contributed by atoms with Crippen LogP contribution in [0, 0.1) is 17.2 Å². The van der Waals surface area contributed by atoms with Gasteiger partial charge in [-0.05, 0) is 31.4 Å². The van der Waals surface area contributed by atoms with Crippen LogP contribution in [0.25, 0.3) is 0 Å². The number of hydrogen-bond donors (Lipinski definition) is 1. The van der Waals surface area contributed by atoms with E-state index >= 15 is 0 Å². The second-order valence-electron chi connectivity index (χ2n) is 4.42. The number of esters is 1. The number of carbonyl (C=O) groups excluding carboxylic acids is 1. The first-order chi connectivity index (χ1) is 8.72. The van der Waals surface area contributed by atoms with Gasteiger partial charge in [0.2, 0.25) is 0 Å². The third-order valence-corrected chi connectivity index (χ3v) is 3.21. The molecule has 0 unspecified atom stereocenters. The van der Waals surface area contributed by atoms with Crippen LogP contribution in [-0.2, 0) is 9.53 Å². The highest BCUT2D eigenvalue weighted by atomic mass is 16.5. The zero-order chi connectivity index (χ0) is 13.0. The molecule has 0 aromatic carbocycles. The molecular formula is C13H15N3O2. The van der Waals surface area contributed by atoms with E-state index in [4.69, 9.17) is 10.00 Å². The third-order valence-electron chi connectivity index (χ3n) is 3.21. The van der Waals surface area contributed by atoms with Gasteiger partial charge >= 0.3 is 5.97 Å². The summed E-state index contributed by atoms with van der Waals surface area (Å²) in [7, 11) is 1.42. The number of pyridine rings is 1. The van der Waals surface area contributed by atoms with E-state index in [1.165, 1.54) is 13.3 Å². The molecule has 5 heteroatoms. The molecule has 18 heavy (non-hydrogen) atoms. The lowest BCUT2D eigenvalue weighted by molar-refractivity contribution is -0.145. The Hall–Kier alpha value is -2.09. The van der Waals surface area contributed by atoms with Crippen molar-refractivity contribution in [2.75, 3.05) is 12.4 Å². The second kappa shape index (κ2) is 5.50. The molecular weight excluding hydrogens is 230 g/mol. The molecule has 0 bridgehead atoms. The van der Waals surface area contributed by atoms with Gasteiger partial charge in [0.25, 0.3) is 0 Å². The Balaban J connectivity index is 1.91. The Labute approximate surface area is 106 Å². The van der Waals surface area contributed by atoms with Crippen molar-refractivity contribution in [2.45, 2.75) is 25.3 Å². The lowest BCUT2D eigenvalue weighted by Gasteiger charge is -2.13. The zero-order valence-electron chi connectivity index (χ0n) is 10.2. The van der Waals surface area contributed by atoms with Gasteiger partial charge in [0.05, 0.1) is 18.6 Å². The number of aromatic nitrogens is 1. The molecule has 5 nitrogen and oxygen atoms in total. The molecule has 1 saturated carbocycles. The SMILES string of the molecule is COC(=O)[C@H]1CC[C@@H](Nc2ccc(C#N)cn2)C1. The highest BCUT2D eigenvalue weighted by Crippen LogP contribution is 2.28. The average Bonchev–Trinajstić information content (AvgIpc) is 2.87. The summed E-state index contributed by atoms with van der Waals surface area (Å²) in [4.78, 5) is 15.5. The minimum Gasteiger partial charge on any atom is -0.469 e. The summed E-state index contributed by atoms with van der Waals surface area (Å²) in [5, 5.41) is 11.9. The topological polar surface area (TPSA) is 75.0 Å². The van der Waals surface area contributed by atoms with Gasteiger partial charge in [0, 0.05) is 12.2 Å². The number of nitrogens with one attached hydrogen (secondary N) is 1. The summed E-state index contributed by atoms with van der Waals surface area (Å²) in [6.45, 7) is 0. The number of nitriles is 1. The first-order valence-corrected chi connectivity index (χ1v) is 5.93. The van der Waals surface area contributed by atoms with Crippen molar-refractivity contribution < 1.29 is 9.53 Å². The van der Waals surface area contributed by atoms with Gasteiger partial charge in [0.15, 0.2) is 0 Å². The van der Waals surface area contributed by atoms with Crippen LogP contribution in [0.3, 0.4) is 0 Å². The third kappa shape index (κ3) is 2.77. The molecule has 94 valence electrons. The van der Waals surface area contributed by atoms with Crippen LogP contribution in [-0.4, -0.2) is 24.1 Å². The first-order valence-electron chi connectivity index (χ1n) is 5.93. The van der Waals surface area contributed by atoms with Gasteiger partial charge < -0.3 is 10.1 Å². The highest BCUT2D eigenvalue weighted by molar-refractivity contribution is 5.72. The van der Waals surface area contributed by atoms with Crippen molar-refractivity contribution in [2.24, 2.45) is 5.92 Å². The van der Waals surface area contributed by atoms with E-state index in [0.717, 1.165) is 25.1 Å². The van der Waals surface area contributed by atoms with Crippen molar-refractivity contribution in [3.8, 4) is 6.07 Å². The molecule has 0 radical (unpaired) electrons. The van der Waals surface area contributed by atoms with Gasteiger partial charge in [-0.15, -0.1) is 0 Å². The molecule has 1 fully saturated rings. The molecule has 1 aliphatic carbocycles. The van der Waals surface area contributed by atoms with Crippen molar-refractivity contribution in [1.29, 1.82) is 5.26 Å². The van der Waals surface area contributed by atoms with Crippen LogP contribution >= 0.6 is 0 Å². The minimum atomic E-state index is -0.132. The number of carbonyl (C=O) groups is 1. The smallest absolute Gasteiger partial charge is 0.308 e. The van der Waals surface area contributed by atoms with Crippen molar-refractivity contribution in [1.82, 2.24) is 4.98 Å². The fraction of sp³-hybridized carbons (Fsp3) is 0.462. The van der Waals surface area contributed by atoms with E-state index < -0.39 is 0 Å². The maximum absolute atomic E-state index is 11.4. The van der Waals surface area contributed by atoms with E-state index in [-0.39, 0.29) is 17.9 Å². The van der Waals surface area contributed by atoms with Crippen molar-refractivity contribution >= 4 is 11.8 Å². The zero-order valence-corrected chi connectivity index (χ0v) is 10.2. The van der Waals surface area contributed by atoms with E-state index in [1.54, 1.807) is 12.1 Å². The van der Waals surface area contributed by atoms with Crippen molar-refractivity contribution in [3.63, 3.8) is 0 Å². The summed E-state index contributed by atoms with van der Waals surface area (Å²) in [5.41, 5.74) is 0.541. The average molecular weight is 245 g/mol. The number of methoxy groups -OCH3 is 1. The largest absolute Gasteiger partial charge is 0.469 e. The Kier molecular flexibility index (Phi) is 3.78. The van der Waals surface area contributed by atoms with Gasteiger partial charge in [0.1, 0.15) is 11.9 Å². The van der Waals surface area contributed by atoms with Gasteiger partial charge in [-0.3, -0.25) is 4.79 Å². The Morgan fingerprint density at radius 3 is 3.00 bits per heavy atom. The summed E-state index contributed by atoms with van der Waals surface area (Å²) >= 11 is 0. The molecule has 0 aliphatic heterocycles. The molecule has 0 amide bonds. The number of nitrogens with zero attached hydrogens (tertiary/aromatic N) is 2. The minimum absolute atomic E-state index is 0.00844. The molecule has 2 atom stereocenters. The van der Waals surface area contributed by atoms with E-state index in [9.17, 15) is 4.79 Å². The monoisotopic (exact) mass is 245 g/mol. The number of hydrogen-bond acceptors (Lipinski definition) is 5. The fourth-order valence-electron chi connectivity index (χ4n) is 2.25. The molecule has 0 saturated heterocycles. The second-order valence-corrected chi connectivity index (χ2v) is 4.42. The van der Waals surface area contributed by atoms with Crippen LogP contribution in [0.5, 0.6) is 0 Å². The van der Waals surface area contributed by atoms with Gasteiger partial charge in [-0.25, -0.2) is 4.98 Å². The quantitative estimate of drug-likeness (QED) is 0.820. The predicted molar refractivity (Wildman–Crippen MR) is 65.7 cm³/mol. The lowest BCUT2D eigenvalue weighted by atomic mass is 10.1. The Bertz CT molecular complexity index is 464. The normalized spacial score (nSPS) is 22.2. The van der Waals surface area contributed by atoms with E-state index in [1.807, 2.05) is 6.07 Å². The Morgan fingerprint density at radius 2 is 2.39 bits per heavy atom. The van der Waals surface area contributed by atoms with E-state index in [2.05, 4.69) is 10.3 Å². The van der Waals surface area contributed by atoms with Crippen LogP contribution in [0.2, 0.25) is 0 Å². The number of rotatable bonds is 3. The molecule has 1 aromatic rings. The van der Waals surface area contributed by atoms with Crippen LogP contribution in [0.15, 0.2) is 18.3 Å². The molecule has 2 rings (SSSR count). The van der Waals surface area contributed by atoms with Crippen LogP contribution in [0.1, 0.15) is 24.8 Å². The molecule has 0 spiro atoms. The summed E-state index contributed by atoms with van der Waals surface area (Å²) in [6, 6.07) is 5.78. The highest BCUT2D eigenvalue weighted by Gasteiger charge is 2.30. The molecule has 1 N–H and O–H groups in total. The fourth-order valence-corrected chi connectivity index (χ4v) is 2.25. The first kappa shape index (κ1) is 12.4. The molecule has 1 heterocycles. The lowest BCUT2D eigenvalue weighted by Crippen LogP contribution is -2.19. The van der Waals surface area contributed by atoms with Crippen LogP contribution in [0.4, 0.5) is 5.82 Å². The number of anilines is 1. The molecule has 1 aromatic heterocycles. The maximum atomic E-state index is 11.4. The van der Waals surface area contributed by atoms with Gasteiger partial charge in [-0.2, -0.15) is 5.26 Å². The Morgan fingerprint density at radius 1 is 1.56 bits per heavy atom. The summed E-state index contributed by atoms with van der Waals surface area (Å²) in [6.07, 6.45) is 4.09. The van der Waals surface area contributed by atoms with E-state index in [0.29, 0.717) is 5.56 Å². The number of ether oxygens (including phenoxy) is 1. The standard InChI is InChI=1S/C13H15N3O2/c1-18-13(17)10-3-4-11(6-10)16-12-5-2-9(7-14)8-15-12/h2,5,8,10-11H,3-4,6H2,1H3,(H,15,16)/t10-,11+/m0/s1.